The molecule has 0 radical (unpaired) electrons. The van der Waals surface area contributed by atoms with Gasteiger partial charge in [-0.05, 0) is 6.07 Å². The van der Waals surface area contributed by atoms with Gasteiger partial charge in [0, 0.05) is 6.07 Å². The van der Waals surface area contributed by atoms with E-state index in [0.717, 1.165) is 0 Å². The predicted molar refractivity (Wildman–Crippen MR) is 83.9 cm³/mol. The van der Waals surface area contributed by atoms with Crippen molar-refractivity contribution in [1.29, 1.82) is 5.39 Å². The molecule has 1 aromatic carbocycles. The zero-order valence-corrected chi connectivity index (χ0v) is 15.0. The number of carboxylic acids is 1. The van der Waals surface area contributed by atoms with E-state index in [1.54, 1.807) is 0 Å². The summed E-state index contributed by atoms with van der Waals surface area (Å²) in [6.07, 6.45) is 0. The molecule has 0 aliphatic rings. The normalized spacial score (nSPS) is 10.9. The smallest absolute Gasteiger partial charge is 0.477 e. The highest BCUT2D eigenvalue weighted by molar-refractivity contribution is 6.51. The van der Waals surface area contributed by atoms with Crippen molar-refractivity contribution >= 4 is 52.3 Å². The van der Waals surface area contributed by atoms with Crippen LogP contribution in [0.25, 0.3) is 4.98 Å². The Labute approximate surface area is 171 Å². The molecule has 1 N–H and O–H groups in total. The molecule has 4 nitrogen and oxygen atoms in total. The zero-order chi connectivity index (χ0) is 27.1. The molecular formula is C7H4B4ClF16N2O2-3. The Balaban J connectivity index is -0.000000167. The molecule has 25 heteroatoms. The van der Waals surface area contributed by atoms with Crippen molar-refractivity contribution in [2.75, 3.05) is 0 Å². The van der Waals surface area contributed by atoms with Gasteiger partial charge in [-0.2, -0.15) is 0 Å². The number of carboxylic acid groups (broad SMARTS) is 1. The second-order valence-corrected chi connectivity index (χ2v) is 4.43. The van der Waals surface area contributed by atoms with Crippen LogP contribution in [0.2, 0.25) is 5.02 Å². The summed E-state index contributed by atoms with van der Waals surface area (Å²) in [5.74, 6) is -1.21. The van der Waals surface area contributed by atoms with Crippen LogP contribution in [0.4, 0.5) is 74.7 Å². The van der Waals surface area contributed by atoms with Gasteiger partial charge in [0.25, 0.3) is 0 Å². The summed E-state index contributed by atoms with van der Waals surface area (Å²) in [4.78, 5) is 13.3. The van der Waals surface area contributed by atoms with E-state index in [9.17, 15) is 73.8 Å². The molecule has 0 fully saturated rings. The molecule has 0 saturated carbocycles. The molecule has 0 amide bonds. The van der Waals surface area contributed by atoms with E-state index >= 15 is 0 Å². The van der Waals surface area contributed by atoms with Crippen LogP contribution in [0.3, 0.4) is 0 Å². The van der Waals surface area contributed by atoms with Gasteiger partial charge in [0.15, 0.2) is 10.5 Å². The summed E-state index contributed by atoms with van der Waals surface area (Å²) in [5, 5.41) is 17.1. The van der Waals surface area contributed by atoms with Gasteiger partial charge in [-0.3, -0.25) is 0 Å². The number of nitrogens with zero attached hydrogens (tertiary/aromatic N) is 2. The minimum Gasteiger partial charge on any atom is -0.477 e. The largest absolute Gasteiger partial charge is 0.673 e. The van der Waals surface area contributed by atoms with Crippen molar-refractivity contribution in [1.82, 2.24) is 0 Å². The Morgan fingerprint density at radius 1 is 0.719 bits per heavy atom. The molecule has 0 bridgehead atoms. The fourth-order valence-electron chi connectivity index (χ4n) is 0.808. The number of carbonyl (C=O) groups is 1. The molecule has 0 aliphatic heterocycles. The molecule has 0 spiro atoms. The third kappa shape index (κ3) is 63.1. The van der Waals surface area contributed by atoms with Gasteiger partial charge in [0.05, 0.1) is 5.02 Å². The van der Waals surface area contributed by atoms with Crippen LogP contribution in [0.15, 0.2) is 18.2 Å². The predicted octanol–water partition coefficient (Wildman–Crippen LogP) is 7.72. The van der Waals surface area contributed by atoms with Crippen LogP contribution in [-0.4, -0.2) is 40.1 Å². The molecule has 0 heterocycles. The maximum Gasteiger partial charge on any atom is 0.673 e. The average molecular weight is 531 g/mol. The molecule has 0 aliphatic carbocycles. The minimum absolute atomic E-state index is 0.0463. The number of hydrogen-bond donors (Lipinski definition) is 1. The first-order chi connectivity index (χ1) is 13.7. The first kappa shape index (κ1) is 36.9. The third-order valence-electron chi connectivity index (χ3n) is 1.31. The van der Waals surface area contributed by atoms with Crippen molar-refractivity contribution in [3.63, 3.8) is 0 Å². The van der Waals surface area contributed by atoms with Gasteiger partial charge in [-0.15, -0.1) is 0 Å². The Morgan fingerprint density at radius 2 is 0.969 bits per heavy atom. The highest BCUT2D eigenvalue weighted by atomic mass is 35.5. The fraction of sp³-hybridized carbons (Fsp3) is 0. The van der Waals surface area contributed by atoms with Crippen molar-refractivity contribution in [3.8, 4) is 0 Å². The van der Waals surface area contributed by atoms with E-state index in [1.165, 1.54) is 18.2 Å². The van der Waals surface area contributed by atoms with E-state index in [0.29, 0.717) is 0 Å². The van der Waals surface area contributed by atoms with Crippen LogP contribution in [0, 0.1) is 5.39 Å². The lowest BCUT2D eigenvalue weighted by atomic mass is 10.2. The number of aromatic carboxylic acids is 1. The quantitative estimate of drug-likeness (QED) is 0.230. The lowest BCUT2D eigenvalue weighted by Crippen LogP contribution is -2.02. The highest BCUT2D eigenvalue weighted by Crippen LogP contribution is 2.26. The highest BCUT2D eigenvalue weighted by Gasteiger charge is 2.23. The van der Waals surface area contributed by atoms with Crippen LogP contribution >= 0.6 is 11.6 Å². The molecule has 1 aromatic rings. The Morgan fingerprint density at radius 3 is 1.12 bits per heavy atom. The minimum atomic E-state index is -6.00. The van der Waals surface area contributed by atoms with Gasteiger partial charge in [0.2, 0.25) is 5.39 Å². The van der Waals surface area contributed by atoms with E-state index in [2.05, 4.69) is 4.98 Å². The van der Waals surface area contributed by atoms with Crippen LogP contribution in [-0.2, 0) is 0 Å². The van der Waals surface area contributed by atoms with Crippen LogP contribution < -0.4 is 0 Å². The summed E-state index contributed by atoms with van der Waals surface area (Å²) in [7, 11) is -24.0. The topological polar surface area (TPSA) is 65.5 Å². The van der Waals surface area contributed by atoms with E-state index in [-0.39, 0.29) is 16.3 Å². The van der Waals surface area contributed by atoms with Gasteiger partial charge < -0.3 is 74.2 Å². The summed E-state index contributed by atoms with van der Waals surface area (Å²) in [5.41, 5.74) is -0.239. The molecule has 32 heavy (non-hydrogen) atoms. The molecule has 188 valence electrons. The van der Waals surface area contributed by atoms with Gasteiger partial charge in [-0.25, -0.2) is 4.79 Å². The zero-order valence-electron chi connectivity index (χ0n) is 14.2. The third-order valence-corrected chi connectivity index (χ3v) is 1.63. The average Bonchev–Trinajstić information content (AvgIpc) is 2.39. The number of hydrogen-bond acceptors (Lipinski definition) is 2. The number of rotatable bonds is 1. The van der Waals surface area contributed by atoms with Gasteiger partial charge in [0.1, 0.15) is 0 Å². The number of halogens is 17. The van der Waals surface area contributed by atoms with Crippen molar-refractivity contribution in [2.24, 2.45) is 0 Å². The number of diazo groups is 1. The maximum absolute atomic E-state index is 10.5. The van der Waals surface area contributed by atoms with E-state index in [1.807, 2.05) is 0 Å². The monoisotopic (exact) mass is 531 g/mol. The number of benzene rings is 1. The second-order valence-electron chi connectivity index (χ2n) is 4.02. The molecule has 0 atom stereocenters. The van der Waals surface area contributed by atoms with E-state index in [4.69, 9.17) is 22.1 Å². The second kappa shape index (κ2) is 15.4. The fourth-order valence-corrected chi connectivity index (χ4v) is 1.06. The first-order valence-electron chi connectivity index (χ1n) is 6.53. The maximum atomic E-state index is 10.5. The lowest BCUT2D eigenvalue weighted by molar-refractivity contribution is 0.0698. The molecule has 0 aromatic heterocycles. The molecule has 0 saturated heterocycles. The Kier molecular flexibility index (Phi) is 17.7. The summed E-state index contributed by atoms with van der Waals surface area (Å²) >= 11 is 5.55. The van der Waals surface area contributed by atoms with Crippen molar-refractivity contribution < 1.29 is 79.0 Å². The van der Waals surface area contributed by atoms with Gasteiger partial charge in [-0.1, -0.05) is 17.7 Å². The SMILES string of the molecule is F[B-](F)(F)F.F[B-](F)(F)F.F[B-](F)(F)F.F[B-](F)(F)F.N#[N+]c1cccc(Cl)c1C(=O)O. The van der Waals surface area contributed by atoms with Crippen LogP contribution in [0.1, 0.15) is 10.4 Å². The van der Waals surface area contributed by atoms with E-state index < -0.39 is 35.0 Å². The van der Waals surface area contributed by atoms with Crippen molar-refractivity contribution in [3.05, 3.63) is 33.8 Å². The molecule has 1 rings (SSSR count). The molecular weight excluding hydrogens is 527 g/mol. The van der Waals surface area contributed by atoms with Gasteiger partial charge >= 0.3 is 40.7 Å². The molecule has 0 unspecified atom stereocenters. The summed E-state index contributed by atoms with van der Waals surface area (Å²) in [6.45, 7) is 0. The summed E-state index contributed by atoms with van der Waals surface area (Å²) in [6, 6.07) is 4.28. The van der Waals surface area contributed by atoms with Crippen molar-refractivity contribution in [2.45, 2.75) is 0 Å². The summed E-state index contributed by atoms with van der Waals surface area (Å²) < 4.78 is 156. The first-order valence-corrected chi connectivity index (χ1v) is 6.90. The Bertz CT molecular complexity index is 643. The lowest BCUT2D eigenvalue weighted by Gasteiger charge is -1.94. The van der Waals surface area contributed by atoms with Crippen LogP contribution in [0.5, 0.6) is 0 Å². The standard InChI is InChI=1S/C7H3ClN2O2.4BF4/c8-4-2-1-3-5(10-9)6(4)7(11)12;4*2-1(3,4)5/h1-3H;;;;/q;4*-1/p+1. The Hall–Kier alpha value is -2.46.